The highest BCUT2D eigenvalue weighted by molar-refractivity contribution is 5.76. The van der Waals surface area contributed by atoms with Crippen molar-refractivity contribution in [1.82, 2.24) is 5.32 Å². The summed E-state index contributed by atoms with van der Waals surface area (Å²) in [5.74, 6) is -0.328. The summed E-state index contributed by atoms with van der Waals surface area (Å²) in [4.78, 5) is 12.5. The van der Waals surface area contributed by atoms with Crippen molar-refractivity contribution in [1.29, 1.82) is 0 Å². The summed E-state index contributed by atoms with van der Waals surface area (Å²) in [5, 5.41) is 33.3. The Morgan fingerprint density at radius 2 is 0.683 bits per heavy atom. The van der Waals surface area contributed by atoms with Gasteiger partial charge in [0.05, 0.1) is 31.3 Å². The van der Waals surface area contributed by atoms with Crippen molar-refractivity contribution in [3.63, 3.8) is 0 Å². The quantitative estimate of drug-likeness (QED) is 0.0362. The lowest BCUT2D eigenvalue weighted by molar-refractivity contribution is -0.124. The fraction of sp³-hybridized carbons (Fsp3) is 0.845. The Bertz CT molecular complexity index is 1020. The summed E-state index contributed by atoms with van der Waals surface area (Å²) in [6.07, 6.45) is 70.3. The molecule has 0 rings (SSSR count). The molecular formula is C58H109NO4. The summed E-state index contributed by atoms with van der Waals surface area (Å²) < 4.78 is 0. The van der Waals surface area contributed by atoms with Crippen molar-refractivity contribution in [2.75, 3.05) is 6.61 Å². The molecule has 0 bridgehead atoms. The maximum absolute atomic E-state index is 12.5. The molecule has 0 aliphatic carbocycles. The van der Waals surface area contributed by atoms with Crippen LogP contribution in [0.15, 0.2) is 48.6 Å². The first-order valence-electron chi connectivity index (χ1n) is 27.9. The van der Waals surface area contributed by atoms with Crippen LogP contribution in [0.4, 0.5) is 0 Å². The van der Waals surface area contributed by atoms with E-state index in [-0.39, 0.29) is 18.9 Å². The van der Waals surface area contributed by atoms with E-state index in [0.29, 0.717) is 6.42 Å². The number of nitrogens with one attached hydrogen (secondary N) is 1. The zero-order chi connectivity index (χ0) is 45.8. The molecule has 0 aromatic heterocycles. The summed E-state index contributed by atoms with van der Waals surface area (Å²) in [7, 11) is 0. The van der Waals surface area contributed by atoms with Crippen LogP contribution in [0.25, 0.3) is 0 Å². The van der Waals surface area contributed by atoms with Gasteiger partial charge >= 0.3 is 0 Å². The van der Waals surface area contributed by atoms with Crippen LogP contribution >= 0.6 is 0 Å². The molecule has 370 valence electrons. The Labute approximate surface area is 393 Å². The van der Waals surface area contributed by atoms with Crippen LogP contribution in [0.1, 0.15) is 290 Å². The third kappa shape index (κ3) is 49.6. The number of aliphatic hydroxyl groups is 3. The predicted octanol–water partition coefficient (Wildman–Crippen LogP) is 17.2. The van der Waals surface area contributed by atoms with Crippen LogP contribution < -0.4 is 5.32 Å². The van der Waals surface area contributed by atoms with Gasteiger partial charge in [-0.1, -0.05) is 262 Å². The summed E-state index contributed by atoms with van der Waals surface area (Å²) in [6, 6.07) is -0.768. The smallest absolute Gasteiger partial charge is 0.222 e. The van der Waals surface area contributed by atoms with Gasteiger partial charge in [0.2, 0.25) is 5.91 Å². The Morgan fingerprint density at radius 1 is 0.397 bits per heavy atom. The van der Waals surface area contributed by atoms with E-state index < -0.39 is 18.2 Å². The van der Waals surface area contributed by atoms with E-state index >= 15 is 0 Å². The van der Waals surface area contributed by atoms with Crippen LogP contribution in [0, 0.1) is 0 Å². The number of rotatable bonds is 51. The largest absolute Gasteiger partial charge is 0.394 e. The molecule has 3 atom stereocenters. The number of carbonyl (C=O) groups is 1. The first-order valence-corrected chi connectivity index (χ1v) is 27.9. The van der Waals surface area contributed by atoms with E-state index in [4.69, 9.17) is 0 Å². The average Bonchev–Trinajstić information content (AvgIpc) is 3.28. The topological polar surface area (TPSA) is 89.8 Å². The minimum atomic E-state index is -0.960. The fourth-order valence-electron chi connectivity index (χ4n) is 8.55. The van der Waals surface area contributed by atoms with Crippen LogP contribution in [0.2, 0.25) is 0 Å². The molecule has 0 aromatic carbocycles. The Morgan fingerprint density at radius 3 is 1.02 bits per heavy atom. The standard InChI is InChI=1S/C58H109NO4/c1-3-5-7-9-11-13-15-17-19-20-21-22-23-24-25-26-27-28-29-30-31-32-33-34-35-36-38-39-41-43-45-47-49-51-55(61)53-58(63)59-56(54-60)57(62)52-50-48-46-44-42-40-37-18-16-14-12-10-8-6-4-2/h16,18,26-27,42,44,50,52,55-57,60-62H,3-15,17,19-25,28-41,43,45-49,51,53-54H2,1-2H3,(H,59,63)/b18-16+,27-26-,44-42+,52-50+. The third-order valence-corrected chi connectivity index (χ3v) is 12.8. The Hall–Kier alpha value is -1.69. The lowest BCUT2D eigenvalue weighted by atomic mass is 10.0. The van der Waals surface area contributed by atoms with Crippen molar-refractivity contribution < 1.29 is 20.1 Å². The van der Waals surface area contributed by atoms with Crippen molar-refractivity contribution in [2.45, 2.75) is 308 Å². The van der Waals surface area contributed by atoms with E-state index in [1.165, 1.54) is 225 Å². The van der Waals surface area contributed by atoms with Gasteiger partial charge in [0, 0.05) is 0 Å². The number of hydrogen-bond acceptors (Lipinski definition) is 4. The fourth-order valence-corrected chi connectivity index (χ4v) is 8.55. The first kappa shape index (κ1) is 61.3. The van der Waals surface area contributed by atoms with Gasteiger partial charge in [0.25, 0.3) is 0 Å². The summed E-state index contributed by atoms with van der Waals surface area (Å²) >= 11 is 0. The molecule has 4 N–H and O–H groups in total. The number of unbranched alkanes of at least 4 members (excludes halogenated alkanes) is 36. The Kier molecular flexibility index (Phi) is 51.5. The SMILES string of the molecule is CCCCCCC/C=C/CC/C=C/CC/C=C/C(O)C(CO)NC(=O)CC(O)CCCCCCCCCCCCCCCCC/C=C\CCCCCCCCCCCCCCCC. The van der Waals surface area contributed by atoms with E-state index in [9.17, 15) is 20.1 Å². The monoisotopic (exact) mass is 884 g/mol. The molecule has 0 heterocycles. The van der Waals surface area contributed by atoms with Gasteiger partial charge in [0.1, 0.15) is 0 Å². The molecule has 0 fully saturated rings. The van der Waals surface area contributed by atoms with Gasteiger partial charge in [-0.25, -0.2) is 0 Å². The first-order chi connectivity index (χ1) is 31.0. The zero-order valence-corrected chi connectivity index (χ0v) is 42.2. The lowest BCUT2D eigenvalue weighted by Crippen LogP contribution is -2.45. The maximum Gasteiger partial charge on any atom is 0.222 e. The molecule has 5 nitrogen and oxygen atoms in total. The summed E-state index contributed by atoms with van der Waals surface area (Å²) in [6.45, 7) is 4.20. The molecule has 0 aliphatic heterocycles. The number of aliphatic hydroxyl groups excluding tert-OH is 3. The number of carbonyl (C=O) groups excluding carboxylic acids is 1. The molecule has 0 aromatic rings. The number of hydrogen-bond donors (Lipinski definition) is 4. The van der Waals surface area contributed by atoms with Crippen molar-refractivity contribution in [3.8, 4) is 0 Å². The van der Waals surface area contributed by atoms with E-state index in [2.05, 4.69) is 55.6 Å². The normalized spacial score (nSPS) is 13.7. The number of amides is 1. The lowest BCUT2D eigenvalue weighted by Gasteiger charge is -2.21. The molecule has 0 aliphatic rings. The van der Waals surface area contributed by atoms with Gasteiger partial charge in [-0.05, 0) is 70.6 Å². The van der Waals surface area contributed by atoms with E-state index in [1.807, 2.05) is 6.08 Å². The number of allylic oxidation sites excluding steroid dienone is 7. The van der Waals surface area contributed by atoms with Gasteiger partial charge in [-0.15, -0.1) is 0 Å². The average molecular weight is 885 g/mol. The van der Waals surface area contributed by atoms with E-state index in [0.717, 1.165) is 38.5 Å². The van der Waals surface area contributed by atoms with Crippen LogP contribution in [0.3, 0.4) is 0 Å². The van der Waals surface area contributed by atoms with Gasteiger partial charge in [-0.3, -0.25) is 4.79 Å². The van der Waals surface area contributed by atoms with Gasteiger partial charge < -0.3 is 20.6 Å². The molecule has 5 heteroatoms. The van der Waals surface area contributed by atoms with Gasteiger partial charge in [0.15, 0.2) is 0 Å². The second kappa shape index (κ2) is 52.9. The molecule has 0 radical (unpaired) electrons. The molecule has 0 spiro atoms. The zero-order valence-electron chi connectivity index (χ0n) is 42.2. The van der Waals surface area contributed by atoms with Crippen LogP contribution in [-0.2, 0) is 4.79 Å². The minimum absolute atomic E-state index is 0.00308. The highest BCUT2D eigenvalue weighted by atomic mass is 16.3. The van der Waals surface area contributed by atoms with Crippen LogP contribution in [0.5, 0.6) is 0 Å². The highest BCUT2D eigenvalue weighted by Gasteiger charge is 2.20. The van der Waals surface area contributed by atoms with Crippen molar-refractivity contribution in [3.05, 3.63) is 48.6 Å². The molecule has 63 heavy (non-hydrogen) atoms. The Balaban J connectivity index is 3.53. The molecule has 0 saturated carbocycles. The van der Waals surface area contributed by atoms with Crippen molar-refractivity contribution in [2.24, 2.45) is 0 Å². The molecule has 3 unspecified atom stereocenters. The molecule has 0 saturated heterocycles. The third-order valence-electron chi connectivity index (χ3n) is 12.8. The second-order valence-corrected chi connectivity index (χ2v) is 19.2. The van der Waals surface area contributed by atoms with Crippen molar-refractivity contribution >= 4 is 5.91 Å². The minimum Gasteiger partial charge on any atom is -0.394 e. The van der Waals surface area contributed by atoms with E-state index in [1.54, 1.807) is 6.08 Å². The predicted molar refractivity (Wildman–Crippen MR) is 277 cm³/mol. The maximum atomic E-state index is 12.5. The summed E-state index contributed by atoms with van der Waals surface area (Å²) in [5.41, 5.74) is 0. The second-order valence-electron chi connectivity index (χ2n) is 19.2. The highest BCUT2D eigenvalue weighted by Crippen LogP contribution is 2.17. The molecular weight excluding hydrogens is 775 g/mol. The molecule has 1 amide bonds. The van der Waals surface area contributed by atoms with Gasteiger partial charge in [-0.2, -0.15) is 0 Å². The van der Waals surface area contributed by atoms with Crippen LogP contribution in [-0.4, -0.2) is 46.1 Å².